The number of carbonyl (C=O) groups excluding carboxylic acids is 3. The predicted octanol–water partition coefficient (Wildman–Crippen LogP) is 3.06. The van der Waals surface area contributed by atoms with E-state index in [2.05, 4.69) is 0 Å². The Morgan fingerprint density at radius 1 is 0.950 bits per heavy atom. The zero-order valence-electron chi connectivity index (χ0n) is 23.6. The highest BCUT2D eigenvalue weighted by Gasteiger charge is 2.75. The van der Waals surface area contributed by atoms with Crippen LogP contribution in [0, 0.1) is 11.8 Å². The maximum Gasteiger partial charge on any atom is 0.249 e. The standard InChI is InChI=1S/C32H41N3O5/c1-3-23(21-36)35-27-30(39)34(24-14-8-5-9-15-24)19-11-17-32(27)26(29(35)38)25-28(37)33(18-10-16-31(25,2)40-32)20-22-12-6-4-7-13-22/h4,6-7,10-13,16-17,23-27,36H,3,5,8-9,14-15,18-21H2,1-2H3/t23-,25-,26-,27?,31+,32-/m0/s1. The third-order valence-corrected chi connectivity index (χ3v) is 9.92. The van der Waals surface area contributed by atoms with Crippen molar-refractivity contribution in [3.63, 3.8) is 0 Å². The highest BCUT2D eigenvalue weighted by molar-refractivity contribution is 6.00. The molecule has 0 bridgehead atoms. The van der Waals surface area contributed by atoms with E-state index in [-0.39, 0.29) is 30.4 Å². The van der Waals surface area contributed by atoms with Gasteiger partial charge in [0, 0.05) is 25.7 Å². The van der Waals surface area contributed by atoms with E-state index in [0.717, 1.165) is 31.2 Å². The summed E-state index contributed by atoms with van der Waals surface area (Å²) in [5, 5.41) is 10.3. The number of hydrogen-bond acceptors (Lipinski definition) is 5. The van der Waals surface area contributed by atoms with Crippen molar-refractivity contribution in [1.29, 1.82) is 0 Å². The van der Waals surface area contributed by atoms with Gasteiger partial charge in [0.1, 0.15) is 11.6 Å². The molecule has 4 heterocycles. The third-order valence-electron chi connectivity index (χ3n) is 9.92. The lowest BCUT2D eigenvalue weighted by molar-refractivity contribution is -0.157. The first-order valence-corrected chi connectivity index (χ1v) is 15.0. The van der Waals surface area contributed by atoms with E-state index in [0.29, 0.717) is 26.1 Å². The van der Waals surface area contributed by atoms with Crippen molar-refractivity contribution in [2.45, 2.75) is 88.2 Å². The number of fused-ring (bicyclic) bond motifs is 2. The Morgan fingerprint density at radius 3 is 2.38 bits per heavy atom. The van der Waals surface area contributed by atoms with Crippen LogP contribution >= 0.6 is 0 Å². The van der Waals surface area contributed by atoms with E-state index >= 15 is 0 Å². The lowest BCUT2D eigenvalue weighted by Gasteiger charge is -2.42. The van der Waals surface area contributed by atoms with Gasteiger partial charge in [-0.25, -0.2) is 0 Å². The normalized spacial score (nSPS) is 34.9. The molecule has 8 nitrogen and oxygen atoms in total. The van der Waals surface area contributed by atoms with Gasteiger partial charge in [-0.3, -0.25) is 14.4 Å². The summed E-state index contributed by atoms with van der Waals surface area (Å²) in [7, 11) is 0. The molecule has 1 spiro atoms. The summed E-state index contributed by atoms with van der Waals surface area (Å²) in [5.41, 5.74) is -1.31. The van der Waals surface area contributed by atoms with Crippen molar-refractivity contribution in [2.75, 3.05) is 19.7 Å². The minimum atomic E-state index is -1.28. The Balaban J connectivity index is 1.43. The minimum Gasteiger partial charge on any atom is -0.394 e. The summed E-state index contributed by atoms with van der Waals surface area (Å²) in [6, 6.07) is 8.50. The molecule has 1 aliphatic carbocycles. The largest absolute Gasteiger partial charge is 0.394 e. The number of carbonyl (C=O) groups is 3. The van der Waals surface area contributed by atoms with Crippen LogP contribution in [0.15, 0.2) is 54.6 Å². The maximum atomic E-state index is 14.5. The molecule has 3 amide bonds. The summed E-state index contributed by atoms with van der Waals surface area (Å²) in [6.07, 6.45) is 13.5. The smallest absolute Gasteiger partial charge is 0.249 e. The van der Waals surface area contributed by atoms with E-state index in [9.17, 15) is 19.5 Å². The average Bonchev–Trinajstić information content (AvgIpc) is 3.24. The lowest BCUT2D eigenvalue weighted by atomic mass is 9.74. The first-order chi connectivity index (χ1) is 19.3. The van der Waals surface area contributed by atoms with Crippen molar-refractivity contribution in [3.8, 4) is 0 Å². The molecule has 5 aliphatic rings. The first-order valence-electron chi connectivity index (χ1n) is 15.0. The molecule has 1 N–H and O–H groups in total. The van der Waals surface area contributed by atoms with Crippen molar-refractivity contribution in [1.82, 2.24) is 14.7 Å². The van der Waals surface area contributed by atoms with Gasteiger partial charge in [-0.1, -0.05) is 80.8 Å². The van der Waals surface area contributed by atoms with E-state index in [1.807, 2.05) is 73.4 Å². The van der Waals surface area contributed by atoms with Crippen molar-refractivity contribution in [3.05, 3.63) is 60.2 Å². The van der Waals surface area contributed by atoms with Gasteiger partial charge < -0.3 is 24.5 Å². The van der Waals surface area contributed by atoms with Crippen LogP contribution in [0.4, 0.5) is 0 Å². The Bertz CT molecular complexity index is 1210. The number of ether oxygens (including phenoxy) is 1. The van der Waals surface area contributed by atoms with Crippen LogP contribution in [-0.2, 0) is 25.7 Å². The molecule has 4 aliphatic heterocycles. The number of benzene rings is 1. The topological polar surface area (TPSA) is 90.4 Å². The van der Waals surface area contributed by atoms with Crippen molar-refractivity contribution >= 4 is 17.7 Å². The molecule has 2 saturated heterocycles. The van der Waals surface area contributed by atoms with Gasteiger partial charge in [0.05, 0.1) is 30.1 Å². The Morgan fingerprint density at radius 2 is 1.68 bits per heavy atom. The molecule has 8 heteroatoms. The Hall–Kier alpha value is -2.97. The van der Waals surface area contributed by atoms with Crippen LogP contribution in [0.3, 0.4) is 0 Å². The second-order valence-electron chi connectivity index (χ2n) is 12.3. The fourth-order valence-corrected chi connectivity index (χ4v) is 8.00. The second kappa shape index (κ2) is 10.5. The lowest BCUT2D eigenvalue weighted by Crippen LogP contribution is -2.60. The summed E-state index contributed by atoms with van der Waals surface area (Å²) in [6.45, 7) is 4.85. The summed E-state index contributed by atoms with van der Waals surface area (Å²) < 4.78 is 6.93. The molecule has 0 aromatic heterocycles. The molecular weight excluding hydrogens is 506 g/mol. The monoisotopic (exact) mass is 547 g/mol. The maximum absolute atomic E-state index is 14.5. The quantitative estimate of drug-likeness (QED) is 0.553. The fourth-order valence-electron chi connectivity index (χ4n) is 8.00. The molecule has 1 aromatic carbocycles. The minimum absolute atomic E-state index is 0.122. The molecule has 6 rings (SSSR count). The summed E-state index contributed by atoms with van der Waals surface area (Å²) in [4.78, 5) is 48.7. The molecule has 1 saturated carbocycles. The molecule has 3 fully saturated rings. The van der Waals surface area contributed by atoms with E-state index in [4.69, 9.17) is 4.74 Å². The van der Waals surface area contributed by atoms with Gasteiger partial charge >= 0.3 is 0 Å². The van der Waals surface area contributed by atoms with E-state index in [1.54, 1.807) is 9.80 Å². The highest BCUT2D eigenvalue weighted by Crippen LogP contribution is 2.58. The van der Waals surface area contributed by atoms with Crippen LogP contribution in [-0.4, -0.2) is 86.6 Å². The molecular formula is C32H41N3O5. The van der Waals surface area contributed by atoms with Crippen LogP contribution in [0.1, 0.15) is 57.9 Å². The molecule has 214 valence electrons. The van der Waals surface area contributed by atoms with Gasteiger partial charge in [0.25, 0.3) is 0 Å². The van der Waals surface area contributed by atoms with Crippen molar-refractivity contribution < 1.29 is 24.2 Å². The predicted molar refractivity (Wildman–Crippen MR) is 150 cm³/mol. The van der Waals surface area contributed by atoms with Gasteiger partial charge in [-0.15, -0.1) is 0 Å². The van der Waals surface area contributed by atoms with Crippen molar-refractivity contribution in [2.24, 2.45) is 11.8 Å². The fraction of sp³-hybridized carbons (Fsp3) is 0.594. The Kier molecular flexibility index (Phi) is 7.11. The summed E-state index contributed by atoms with van der Waals surface area (Å²) >= 11 is 0. The van der Waals surface area contributed by atoms with Gasteiger partial charge in [-0.2, -0.15) is 0 Å². The molecule has 1 aromatic rings. The van der Waals surface area contributed by atoms with Gasteiger partial charge in [0.15, 0.2) is 0 Å². The zero-order chi connectivity index (χ0) is 28.1. The summed E-state index contributed by atoms with van der Waals surface area (Å²) in [5.74, 6) is -2.19. The number of aliphatic hydroxyl groups is 1. The SMILES string of the molecule is CC[C@@H](CO)N1C(=O)[C@@H]2[C@H]3C(=O)N(Cc4ccccc4)CC=C[C@@]3(C)O[C@@]23C=CCN(C2CCCCC2)C(=O)C13. The Labute approximate surface area is 236 Å². The number of hydrogen-bond donors (Lipinski definition) is 1. The van der Waals surface area contributed by atoms with Crippen LogP contribution < -0.4 is 0 Å². The molecule has 1 unspecified atom stereocenters. The van der Waals surface area contributed by atoms with Crippen LogP contribution in [0.2, 0.25) is 0 Å². The number of nitrogens with zero attached hydrogens (tertiary/aromatic N) is 3. The third kappa shape index (κ3) is 4.14. The van der Waals surface area contributed by atoms with Crippen LogP contribution in [0.25, 0.3) is 0 Å². The molecule has 6 atom stereocenters. The number of aliphatic hydroxyl groups excluding tert-OH is 1. The highest BCUT2D eigenvalue weighted by atomic mass is 16.5. The number of likely N-dealkylation sites (tertiary alicyclic amines) is 1. The average molecular weight is 548 g/mol. The first kappa shape index (κ1) is 27.2. The van der Waals surface area contributed by atoms with E-state index in [1.165, 1.54) is 6.42 Å². The van der Waals surface area contributed by atoms with Crippen LogP contribution in [0.5, 0.6) is 0 Å². The van der Waals surface area contributed by atoms with Gasteiger partial charge in [0.2, 0.25) is 17.7 Å². The van der Waals surface area contributed by atoms with E-state index < -0.39 is 35.1 Å². The molecule has 40 heavy (non-hydrogen) atoms. The van der Waals surface area contributed by atoms with Gasteiger partial charge in [-0.05, 0) is 31.7 Å². The zero-order valence-corrected chi connectivity index (χ0v) is 23.6. The molecule has 0 radical (unpaired) electrons. The number of rotatable bonds is 6. The second-order valence-corrected chi connectivity index (χ2v) is 12.3. The number of amides is 3.